The lowest BCUT2D eigenvalue weighted by Gasteiger charge is -2.21. The van der Waals surface area contributed by atoms with Crippen LogP contribution in [0.25, 0.3) is 11.1 Å². The van der Waals surface area contributed by atoms with Gasteiger partial charge in [0, 0.05) is 12.1 Å². The van der Waals surface area contributed by atoms with Gasteiger partial charge in [0.2, 0.25) is 0 Å². The summed E-state index contributed by atoms with van der Waals surface area (Å²) in [5.41, 5.74) is -2.02. The molecule has 0 unspecified atom stereocenters. The van der Waals surface area contributed by atoms with Gasteiger partial charge in [-0.05, 0) is 29.7 Å². The normalized spacial score (nSPS) is 11.3. The zero-order valence-electron chi connectivity index (χ0n) is 16.2. The predicted octanol–water partition coefficient (Wildman–Crippen LogP) is 6.87. The quantitative estimate of drug-likeness (QED) is 0.399. The number of nitrogens with zero attached hydrogens (tertiary/aromatic N) is 1. The van der Waals surface area contributed by atoms with E-state index in [1.54, 1.807) is 12.1 Å². The zero-order valence-corrected chi connectivity index (χ0v) is 16.2. The van der Waals surface area contributed by atoms with Crippen molar-refractivity contribution < 1.29 is 31.8 Å². The van der Waals surface area contributed by atoms with Crippen LogP contribution in [-0.2, 0) is 17.6 Å². The third kappa shape index (κ3) is 4.45. The Morgan fingerprint density at radius 1 is 1.00 bits per heavy atom. The van der Waals surface area contributed by atoms with Crippen LogP contribution >= 0.6 is 0 Å². The molecule has 0 aliphatic rings. The first-order valence-electron chi connectivity index (χ1n) is 9.23. The van der Waals surface area contributed by atoms with E-state index in [4.69, 9.17) is 5.26 Å². The molecule has 0 fully saturated rings. The fourth-order valence-electron chi connectivity index (χ4n) is 3.11. The fraction of sp³-hybridized carbons (Fsp3) is 0.174. The molecule has 0 spiro atoms. The summed E-state index contributed by atoms with van der Waals surface area (Å²) in [6, 6.07) is 10.0. The van der Waals surface area contributed by atoms with Crippen molar-refractivity contribution in [2.45, 2.75) is 25.9 Å². The molecule has 8 heteroatoms. The van der Waals surface area contributed by atoms with Gasteiger partial charge in [0.1, 0.15) is 29.0 Å². The van der Waals surface area contributed by atoms with Gasteiger partial charge in [0.25, 0.3) is 0 Å². The van der Waals surface area contributed by atoms with Crippen LogP contribution in [0.4, 0.5) is 22.0 Å². The predicted molar refractivity (Wildman–Crippen MR) is 102 cm³/mol. The molecule has 3 nitrogen and oxygen atoms in total. The number of halogens is 5. The van der Waals surface area contributed by atoms with Crippen LogP contribution < -0.4 is 4.74 Å². The number of hydrogen-bond donors (Lipinski definition) is 0. The molecule has 0 aromatic heterocycles. The van der Waals surface area contributed by atoms with Crippen LogP contribution in [0.5, 0.6) is 11.5 Å². The van der Waals surface area contributed by atoms with Crippen molar-refractivity contribution in [1.82, 2.24) is 0 Å². The highest BCUT2D eigenvalue weighted by Gasteiger charge is 2.43. The van der Waals surface area contributed by atoms with Gasteiger partial charge in [-0.1, -0.05) is 37.6 Å². The Bertz CT molecular complexity index is 1150. The number of ether oxygens (including phenoxy) is 1. The van der Waals surface area contributed by atoms with Crippen LogP contribution in [0.2, 0.25) is 0 Å². The van der Waals surface area contributed by atoms with Crippen LogP contribution in [0, 0.1) is 28.8 Å². The highest BCUT2D eigenvalue weighted by Crippen LogP contribution is 2.42. The van der Waals surface area contributed by atoms with Gasteiger partial charge in [-0.25, -0.2) is 13.2 Å². The van der Waals surface area contributed by atoms with Crippen molar-refractivity contribution >= 4 is 0 Å². The van der Waals surface area contributed by atoms with Crippen molar-refractivity contribution in [3.05, 3.63) is 82.7 Å². The number of aryl methyl sites for hydroxylation is 1. The monoisotopic (exact) mass is 432 g/mol. The summed E-state index contributed by atoms with van der Waals surface area (Å²) >= 11 is 0. The molecule has 0 amide bonds. The van der Waals surface area contributed by atoms with Crippen molar-refractivity contribution in [3.63, 3.8) is 0 Å². The van der Waals surface area contributed by atoms with Gasteiger partial charge in [-0.2, -0.15) is 14.0 Å². The van der Waals surface area contributed by atoms with Crippen molar-refractivity contribution in [1.29, 1.82) is 5.26 Å². The maximum Gasteiger partial charge on any atom is 0.432 e. The summed E-state index contributed by atoms with van der Waals surface area (Å²) in [5.74, 6) is -6.57. The van der Waals surface area contributed by atoms with E-state index >= 15 is 4.39 Å². The lowest BCUT2D eigenvalue weighted by Crippen LogP contribution is -2.25. The molecule has 0 aliphatic heterocycles. The minimum absolute atomic E-state index is 0.00354. The first-order chi connectivity index (χ1) is 14.7. The third-order valence-electron chi connectivity index (χ3n) is 4.56. The Hall–Kier alpha value is -3.60. The Morgan fingerprint density at radius 3 is 2.26 bits per heavy atom. The van der Waals surface area contributed by atoms with Crippen LogP contribution in [0.1, 0.15) is 30.0 Å². The molecule has 0 heterocycles. The van der Waals surface area contributed by atoms with Crippen molar-refractivity contribution in [2.24, 2.45) is 0 Å². The molecule has 3 aromatic carbocycles. The van der Waals surface area contributed by atoms with E-state index in [2.05, 4.69) is 4.74 Å². The molecule has 3 rings (SSSR count). The molecule has 0 saturated heterocycles. The molecule has 0 bridgehead atoms. The Morgan fingerprint density at radius 2 is 1.68 bits per heavy atom. The summed E-state index contributed by atoms with van der Waals surface area (Å²) in [6.45, 7) is 1.96. The highest BCUT2D eigenvalue weighted by atomic mass is 19.3. The van der Waals surface area contributed by atoms with Crippen LogP contribution in [0.3, 0.4) is 0 Å². The van der Waals surface area contributed by atoms with E-state index < -0.39 is 51.7 Å². The maximum atomic E-state index is 15.0. The second-order valence-electron chi connectivity index (χ2n) is 6.74. The molecule has 0 N–H and O–H groups in total. The average molecular weight is 432 g/mol. The average Bonchev–Trinajstić information content (AvgIpc) is 2.68. The molecular weight excluding hydrogens is 417 g/mol. The maximum absolute atomic E-state index is 15.0. The fourth-order valence-corrected chi connectivity index (χ4v) is 3.11. The number of benzene rings is 3. The van der Waals surface area contributed by atoms with Crippen LogP contribution in [-0.4, -0.2) is 0 Å². The van der Waals surface area contributed by atoms with Crippen LogP contribution in [0.15, 0.2) is 48.5 Å². The molecule has 159 valence electrons. The smallest absolute Gasteiger partial charge is 0.429 e. The molecular formula is C23H15F5NO2. The molecule has 1 radical (unpaired) electrons. The van der Waals surface area contributed by atoms with E-state index in [1.165, 1.54) is 18.2 Å². The molecule has 31 heavy (non-hydrogen) atoms. The molecule has 0 saturated carbocycles. The van der Waals surface area contributed by atoms with E-state index in [0.29, 0.717) is 6.07 Å². The Balaban J connectivity index is 2.05. The van der Waals surface area contributed by atoms with E-state index in [0.717, 1.165) is 30.5 Å². The second kappa shape index (κ2) is 8.64. The first-order valence-corrected chi connectivity index (χ1v) is 9.23. The second-order valence-corrected chi connectivity index (χ2v) is 6.74. The zero-order chi connectivity index (χ0) is 22.8. The van der Waals surface area contributed by atoms with E-state index in [1.807, 2.05) is 6.92 Å². The van der Waals surface area contributed by atoms with Gasteiger partial charge < -0.3 is 4.74 Å². The van der Waals surface area contributed by atoms with Gasteiger partial charge in [0.15, 0.2) is 11.6 Å². The van der Waals surface area contributed by atoms with Gasteiger partial charge in [0.05, 0.1) is 11.1 Å². The summed E-state index contributed by atoms with van der Waals surface area (Å²) in [4.78, 5) is 0. The Labute approximate surface area is 174 Å². The summed E-state index contributed by atoms with van der Waals surface area (Å²) in [7, 11) is 0. The van der Waals surface area contributed by atoms with E-state index in [-0.39, 0.29) is 11.6 Å². The molecule has 3 aromatic rings. The number of alkyl halides is 2. The summed E-state index contributed by atoms with van der Waals surface area (Å²) in [5, 5.41) is 20.9. The number of rotatable bonds is 6. The SMILES string of the molecule is CCCc1ccc(-c2c([O])cc(F)c(C(F)(F)Oc3ccc(C#N)c(F)c3)c2F)cc1. The van der Waals surface area contributed by atoms with Gasteiger partial charge >= 0.3 is 6.11 Å². The summed E-state index contributed by atoms with van der Waals surface area (Å²) < 4.78 is 76.6. The summed E-state index contributed by atoms with van der Waals surface area (Å²) in [6.07, 6.45) is -2.99. The third-order valence-corrected chi connectivity index (χ3v) is 4.56. The lowest BCUT2D eigenvalue weighted by atomic mass is 9.98. The largest absolute Gasteiger partial charge is 0.432 e. The molecule has 0 aliphatic carbocycles. The van der Waals surface area contributed by atoms with E-state index in [9.17, 15) is 22.7 Å². The minimum atomic E-state index is -4.57. The first kappa shape index (κ1) is 22.1. The highest BCUT2D eigenvalue weighted by molar-refractivity contribution is 5.72. The van der Waals surface area contributed by atoms with Gasteiger partial charge in [-0.15, -0.1) is 0 Å². The number of hydrogen-bond acceptors (Lipinski definition) is 2. The van der Waals surface area contributed by atoms with Crippen molar-refractivity contribution in [3.8, 4) is 28.7 Å². The standard InChI is InChI=1S/C23H15F5NO2/c1-2-3-13-4-6-14(7-5-13)20-19(30)11-18(25)21(22(20)26)23(27,28)31-16-9-8-15(12-29)17(24)10-16/h4-11H,2-3H2,1H3. The minimum Gasteiger partial charge on any atom is -0.429 e. The molecule has 0 atom stereocenters. The number of nitriles is 1. The van der Waals surface area contributed by atoms with Gasteiger partial charge in [-0.3, -0.25) is 5.11 Å². The van der Waals surface area contributed by atoms with Crippen molar-refractivity contribution in [2.75, 3.05) is 0 Å². The lowest BCUT2D eigenvalue weighted by molar-refractivity contribution is -0.189. The topological polar surface area (TPSA) is 52.9 Å². The Kier molecular flexibility index (Phi) is 6.16.